The Morgan fingerprint density at radius 2 is 2.26 bits per heavy atom. The molecule has 0 bridgehead atoms. The number of unbranched alkanes of at least 4 members (excludes halogenated alkanes) is 1. The molecular weight excluding hydrogens is 258 g/mol. The summed E-state index contributed by atoms with van der Waals surface area (Å²) in [4.78, 5) is 14.3. The molecule has 0 unspecified atom stereocenters. The Bertz CT molecular complexity index is 592. The highest BCUT2D eigenvalue weighted by molar-refractivity contribution is 8.00. The van der Waals surface area contributed by atoms with E-state index in [0.29, 0.717) is 5.69 Å². The van der Waals surface area contributed by atoms with Crippen molar-refractivity contribution < 1.29 is 4.79 Å². The SMILES string of the molecule is CCCCSNc1ccc2[nH]c(C(N)=O)c(C)c2c1. The first-order valence-corrected chi connectivity index (χ1v) is 7.42. The summed E-state index contributed by atoms with van der Waals surface area (Å²) in [7, 11) is 0. The fourth-order valence-corrected chi connectivity index (χ4v) is 2.82. The van der Waals surface area contributed by atoms with E-state index in [2.05, 4.69) is 16.6 Å². The minimum atomic E-state index is -0.416. The normalized spacial score (nSPS) is 10.8. The van der Waals surface area contributed by atoms with Crippen LogP contribution in [0.1, 0.15) is 35.8 Å². The van der Waals surface area contributed by atoms with E-state index in [9.17, 15) is 4.79 Å². The first-order chi connectivity index (χ1) is 9.13. The van der Waals surface area contributed by atoms with Gasteiger partial charge in [-0.15, -0.1) is 0 Å². The minimum Gasteiger partial charge on any atom is -0.364 e. The third kappa shape index (κ3) is 3.04. The molecule has 0 radical (unpaired) electrons. The maximum atomic E-state index is 11.3. The average molecular weight is 277 g/mol. The van der Waals surface area contributed by atoms with Gasteiger partial charge in [0.1, 0.15) is 5.69 Å². The van der Waals surface area contributed by atoms with Gasteiger partial charge in [0.25, 0.3) is 5.91 Å². The third-order valence-corrected chi connectivity index (χ3v) is 3.97. The number of hydrogen-bond donors (Lipinski definition) is 3. The van der Waals surface area contributed by atoms with E-state index >= 15 is 0 Å². The Morgan fingerprint density at radius 1 is 1.47 bits per heavy atom. The molecule has 0 spiro atoms. The summed E-state index contributed by atoms with van der Waals surface area (Å²) in [5.41, 5.74) is 8.73. The summed E-state index contributed by atoms with van der Waals surface area (Å²) in [6.45, 7) is 4.09. The lowest BCUT2D eigenvalue weighted by Crippen LogP contribution is -2.12. The number of hydrogen-bond acceptors (Lipinski definition) is 3. The number of H-pyrrole nitrogens is 1. The van der Waals surface area contributed by atoms with Crippen molar-refractivity contribution in [2.24, 2.45) is 5.73 Å². The predicted molar refractivity (Wildman–Crippen MR) is 82.5 cm³/mol. The van der Waals surface area contributed by atoms with Gasteiger partial charge in [0.2, 0.25) is 0 Å². The number of aryl methyl sites for hydroxylation is 1. The van der Waals surface area contributed by atoms with Crippen molar-refractivity contribution in [3.05, 3.63) is 29.5 Å². The van der Waals surface area contributed by atoms with Gasteiger partial charge in [0.05, 0.1) is 0 Å². The fourth-order valence-electron chi connectivity index (χ4n) is 1.99. The van der Waals surface area contributed by atoms with Crippen molar-refractivity contribution >= 4 is 34.4 Å². The van der Waals surface area contributed by atoms with Gasteiger partial charge < -0.3 is 15.4 Å². The molecule has 4 nitrogen and oxygen atoms in total. The molecule has 1 aromatic carbocycles. The highest BCUT2D eigenvalue weighted by Gasteiger charge is 2.11. The number of anilines is 1. The highest BCUT2D eigenvalue weighted by Crippen LogP contribution is 2.26. The van der Waals surface area contributed by atoms with Crippen LogP contribution in [0.4, 0.5) is 5.69 Å². The number of nitrogens with one attached hydrogen (secondary N) is 2. The molecule has 4 N–H and O–H groups in total. The Kier molecular flexibility index (Phi) is 4.37. The predicted octanol–water partition coefficient (Wildman–Crippen LogP) is 3.44. The zero-order valence-corrected chi connectivity index (χ0v) is 12.1. The summed E-state index contributed by atoms with van der Waals surface area (Å²) < 4.78 is 3.32. The monoisotopic (exact) mass is 277 g/mol. The number of aromatic nitrogens is 1. The lowest BCUT2D eigenvalue weighted by Gasteiger charge is -2.05. The highest BCUT2D eigenvalue weighted by atomic mass is 32.2. The molecule has 2 rings (SSSR count). The van der Waals surface area contributed by atoms with E-state index in [1.54, 1.807) is 11.9 Å². The topological polar surface area (TPSA) is 70.9 Å². The number of carbonyl (C=O) groups is 1. The van der Waals surface area contributed by atoms with Gasteiger partial charge in [0.15, 0.2) is 0 Å². The number of primary amides is 1. The zero-order chi connectivity index (χ0) is 13.8. The van der Waals surface area contributed by atoms with Crippen LogP contribution in [0, 0.1) is 6.92 Å². The summed E-state index contributed by atoms with van der Waals surface area (Å²) in [6.07, 6.45) is 2.40. The molecule has 0 saturated carbocycles. The van der Waals surface area contributed by atoms with Gasteiger partial charge in [0, 0.05) is 22.3 Å². The van der Waals surface area contributed by atoms with Crippen molar-refractivity contribution in [2.75, 3.05) is 10.5 Å². The Labute approximate surface area is 117 Å². The summed E-state index contributed by atoms with van der Waals surface area (Å²) in [6, 6.07) is 6.02. The van der Waals surface area contributed by atoms with Gasteiger partial charge in [-0.05, 0) is 37.1 Å². The van der Waals surface area contributed by atoms with E-state index in [1.807, 2.05) is 25.1 Å². The molecule has 102 valence electrons. The standard InChI is InChI=1S/C14H19N3OS/c1-3-4-7-19-17-10-5-6-12-11(8-10)9(2)13(16-12)14(15)18/h5-6,8,16-17H,3-4,7H2,1-2H3,(H2,15,18). The summed E-state index contributed by atoms with van der Waals surface area (Å²) >= 11 is 1.71. The molecule has 0 atom stereocenters. The van der Waals surface area contributed by atoms with Crippen molar-refractivity contribution in [1.29, 1.82) is 0 Å². The number of rotatable bonds is 6. The second-order valence-electron chi connectivity index (χ2n) is 4.55. The van der Waals surface area contributed by atoms with E-state index in [0.717, 1.165) is 27.9 Å². The molecule has 1 aromatic heterocycles. The molecule has 1 heterocycles. The number of amides is 1. The van der Waals surface area contributed by atoms with Crippen LogP contribution >= 0.6 is 11.9 Å². The minimum absolute atomic E-state index is 0.416. The van der Waals surface area contributed by atoms with Gasteiger partial charge >= 0.3 is 0 Å². The molecule has 0 aliphatic rings. The maximum Gasteiger partial charge on any atom is 0.265 e. The lowest BCUT2D eigenvalue weighted by molar-refractivity contribution is 0.0996. The Hall–Kier alpha value is -1.62. The largest absolute Gasteiger partial charge is 0.364 e. The fraction of sp³-hybridized carbons (Fsp3) is 0.357. The number of aromatic amines is 1. The van der Waals surface area contributed by atoms with Gasteiger partial charge in [-0.1, -0.05) is 25.3 Å². The number of carbonyl (C=O) groups excluding carboxylic acids is 1. The Balaban J connectivity index is 2.20. The molecule has 0 aliphatic carbocycles. The molecule has 2 aromatic rings. The first kappa shape index (κ1) is 13.8. The van der Waals surface area contributed by atoms with Crippen molar-refractivity contribution in [1.82, 2.24) is 4.98 Å². The van der Waals surface area contributed by atoms with Crippen LogP contribution < -0.4 is 10.5 Å². The van der Waals surface area contributed by atoms with Crippen LogP contribution in [0.15, 0.2) is 18.2 Å². The van der Waals surface area contributed by atoms with Gasteiger partial charge in [-0.3, -0.25) is 4.79 Å². The van der Waals surface area contributed by atoms with Crippen LogP contribution in [-0.2, 0) is 0 Å². The lowest BCUT2D eigenvalue weighted by atomic mass is 10.1. The van der Waals surface area contributed by atoms with Gasteiger partial charge in [-0.2, -0.15) is 0 Å². The quantitative estimate of drug-likeness (QED) is 0.559. The van der Waals surface area contributed by atoms with Crippen LogP contribution in [0.25, 0.3) is 10.9 Å². The average Bonchev–Trinajstić information content (AvgIpc) is 2.72. The van der Waals surface area contributed by atoms with Crippen LogP contribution in [0.2, 0.25) is 0 Å². The number of fused-ring (bicyclic) bond motifs is 1. The van der Waals surface area contributed by atoms with Crippen LogP contribution in [0.5, 0.6) is 0 Å². The number of benzene rings is 1. The molecule has 1 amide bonds. The molecule has 19 heavy (non-hydrogen) atoms. The maximum absolute atomic E-state index is 11.3. The second kappa shape index (κ2) is 6.02. The molecule has 5 heteroatoms. The smallest absolute Gasteiger partial charge is 0.265 e. The molecule has 0 saturated heterocycles. The molecular formula is C14H19N3OS. The van der Waals surface area contributed by atoms with Crippen LogP contribution in [-0.4, -0.2) is 16.6 Å². The first-order valence-electron chi connectivity index (χ1n) is 6.43. The van der Waals surface area contributed by atoms with Crippen molar-refractivity contribution in [3.63, 3.8) is 0 Å². The third-order valence-electron chi connectivity index (χ3n) is 3.09. The number of nitrogens with two attached hydrogens (primary N) is 1. The molecule has 0 fully saturated rings. The second-order valence-corrected chi connectivity index (χ2v) is 5.45. The van der Waals surface area contributed by atoms with Crippen molar-refractivity contribution in [2.45, 2.75) is 26.7 Å². The zero-order valence-electron chi connectivity index (χ0n) is 11.2. The van der Waals surface area contributed by atoms with Gasteiger partial charge in [-0.25, -0.2) is 0 Å². The summed E-state index contributed by atoms with van der Waals surface area (Å²) in [5, 5.41) is 1.04. The van der Waals surface area contributed by atoms with E-state index in [4.69, 9.17) is 5.73 Å². The van der Waals surface area contributed by atoms with E-state index < -0.39 is 5.91 Å². The molecule has 0 aliphatic heterocycles. The van der Waals surface area contributed by atoms with E-state index in [-0.39, 0.29) is 0 Å². The Morgan fingerprint density at radius 3 is 2.95 bits per heavy atom. The summed E-state index contributed by atoms with van der Waals surface area (Å²) in [5.74, 6) is 0.674. The van der Waals surface area contributed by atoms with Crippen molar-refractivity contribution in [3.8, 4) is 0 Å². The van der Waals surface area contributed by atoms with Crippen LogP contribution in [0.3, 0.4) is 0 Å². The van der Waals surface area contributed by atoms with E-state index in [1.165, 1.54) is 12.8 Å².